The molecule has 1 amide bonds. The molecule has 0 spiro atoms. The third kappa shape index (κ3) is 4.44. The van der Waals surface area contributed by atoms with E-state index in [2.05, 4.69) is 15.3 Å². The van der Waals surface area contributed by atoms with Crippen LogP contribution in [0.1, 0.15) is 29.8 Å². The van der Waals surface area contributed by atoms with Gasteiger partial charge < -0.3 is 16.2 Å². The fourth-order valence-corrected chi connectivity index (χ4v) is 4.27. The number of nitrogens with zero attached hydrogens (tertiary/aromatic N) is 2. The van der Waals surface area contributed by atoms with Crippen LogP contribution in [0.25, 0.3) is 11.3 Å². The second-order valence-corrected chi connectivity index (χ2v) is 8.07. The minimum atomic E-state index is -0.975. The summed E-state index contributed by atoms with van der Waals surface area (Å²) >= 11 is 0. The van der Waals surface area contributed by atoms with Gasteiger partial charge in [0.05, 0.1) is 24.3 Å². The highest BCUT2D eigenvalue weighted by molar-refractivity contribution is 5.93. The first kappa shape index (κ1) is 22.2. The van der Waals surface area contributed by atoms with E-state index in [4.69, 9.17) is 5.73 Å². The second kappa shape index (κ2) is 9.22. The molecule has 32 heavy (non-hydrogen) atoms. The minimum absolute atomic E-state index is 0.0784. The summed E-state index contributed by atoms with van der Waals surface area (Å²) in [5.41, 5.74) is 5.59. The Kier molecular flexibility index (Phi) is 6.38. The van der Waals surface area contributed by atoms with Crippen molar-refractivity contribution in [1.29, 1.82) is 0 Å². The highest BCUT2D eigenvalue weighted by atomic mass is 19.1. The van der Waals surface area contributed by atoms with Gasteiger partial charge in [-0.3, -0.25) is 9.79 Å². The van der Waals surface area contributed by atoms with Gasteiger partial charge in [-0.05, 0) is 61.1 Å². The maximum absolute atomic E-state index is 14.3. The topological polar surface area (TPSA) is 101 Å². The van der Waals surface area contributed by atoms with Crippen molar-refractivity contribution in [2.45, 2.75) is 37.5 Å². The number of carbonyl (C=O) groups is 1. The number of carbonyl (C=O) groups excluding carboxylic acids is 1. The van der Waals surface area contributed by atoms with Crippen LogP contribution in [0.3, 0.4) is 0 Å². The van der Waals surface area contributed by atoms with Gasteiger partial charge in [-0.15, -0.1) is 0 Å². The molecular formula is C23H23F3N4O2. The molecule has 0 saturated heterocycles. The average molecular weight is 444 g/mol. The van der Waals surface area contributed by atoms with Crippen molar-refractivity contribution in [3.8, 4) is 11.3 Å². The van der Waals surface area contributed by atoms with Gasteiger partial charge in [0.2, 0.25) is 0 Å². The molecule has 1 aliphatic heterocycles. The lowest BCUT2D eigenvalue weighted by atomic mass is 9.77. The maximum atomic E-state index is 14.3. The van der Waals surface area contributed by atoms with Crippen LogP contribution < -0.4 is 11.1 Å². The van der Waals surface area contributed by atoms with Crippen LogP contribution in [0, 0.1) is 23.4 Å². The Bertz CT molecular complexity index is 1070. The summed E-state index contributed by atoms with van der Waals surface area (Å²) in [6.45, 7) is 0.307. The van der Waals surface area contributed by atoms with Gasteiger partial charge in [0, 0.05) is 12.3 Å². The number of nitrogens with two attached hydrogens (primary N) is 1. The van der Waals surface area contributed by atoms with Crippen molar-refractivity contribution in [1.82, 2.24) is 10.3 Å². The molecule has 4 rings (SSSR count). The molecule has 2 aromatic rings. The lowest BCUT2D eigenvalue weighted by Crippen LogP contribution is -2.46. The minimum Gasteiger partial charge on any atom is -0.392 e. The van der Waals surface area contributed by atoms with Crippen LogP contribution >= 0.6 is 0 Å². The number of dihydropyridines is 1. The standard InChI is InChI=1S/C23H23F3N4O2/c24-14-2-1-3-15(25)21(14)22-16(26)5-6-18(29-22)23(32)30-19-11-28-9-8-13(19)12-4-7-20(31)17(27)10-12/h1-3,5-6,8-9,12,17,19-20,31H,4,7,10-11,27H2,(H,30,32). The summed E-state index contributed by atoms with van der Waals surface area (Å²) in [5.74, 6) is -3.43. The van der Waals surface area contributed by atoms with E-state index in [1.165, 1.54) is 0 Å². The number of hydrogen-bond donors (Lipinski definition) is 3. The number of nitrogens with one attached hydrogen (secondary N) is 1. The third-order valence-electron chi connectivity index (χ3n) is 5.98. The first-order chi connectivity index (χ1) is 15.3. The van der Waals surface area contributed by atoms with E-state index in [1.807, 2.05) is 6.08 Å². The van der Waals surface area contributed by atoms with E-state index in [0.29, 0.717) is 19.4 Å². The van der Waals surface area contributed by atoms with Gasteiger partial charge in [0.15, 0.2) is 0 Å². The smallest absolute Gasteiger partial charge is 0.270 e. The maximum Gasteiger partial charge on any atom is 0.270 e. The molecule has 6 nitrogen and oxygen atoms in total. The van der Waals surface area contributed by atoms with Crippen molar-refractivity contribution in [2.24, 2.45) is 16.6 Å². The summed E-state index contributed by atoms with van der Waals surface area (Å²) in [7, 11) is 0. The number of aromatic nitrogens is 1. The summed E-state index contributed by atoms with van der Waals surface area (Å²) in [6.07, 6.45) is 4.84. The first-order valence-corrected chi connectivity index (χ1v) is 10.4. The third-order valence-corrected chi connectivity index (χ3v) is 5.98. The highest BCUT2D eigenvalue weighted by Crippen LogP contribution is 2.32. The van der Waals surface area contributed by atoms with E-state index in [1.54, 1.807) is 6.21 Å². The highest BCUT2D eigenvalue weighted by Gasteiger charge is 2.33. The Morgan fingerprint density at radius 1 is 1.09 bits per heavy atom. The van der Waals surface area contributed by atoms with Gasteiger partial charge in [0.1, 0.15) is 28.8 Å². The largest absolute Gasteiger partial charge is 0.392 e. The number of aliphatic hydroxyl groups excluding tert-OH is 1. The molecular weight excluding hydrogens is 421 g/mol. The Morgan fingerprint density at radius 2 is 1.84 bits per heavy atom. The number of hydrogen-bond acceptors (Lipinski definition) is 5. The number of aliphatic hydroxyl groups is 1. The fraction of sp³-hybridized carbons (Fsp3) is 0.348. The number of benzene rings is 1. The Morgan fingerprint density at radius 3 is 2.56 bits per heavy atom. The summed E-state index contributed by atoms with van der Waals surface area (Å²) in [5, 5.41) is 12.7. The molecule has 1 fully saturated rings. The first-order valence-electron chi connectivity index (χ1n) is 10.4. The van der Waals surface area contributed by atoms with Crippen LogP contribution in [-0.4, -0.2) is 46.9 Å². The van der Waals surface area contributed by atoms with Crippen molar-refractivity contribution >= 4 is 12.1 Å². The quantitative estimate of drug-likeness (QED) is 0.675. The number of amides is 1. The molecule has 1 aromatic carbocycles. The number of halogens is 3. The van der Waals surface area contributed by atoms with E-state index >= 15 is 0 Å². The number of pyridine rings is 1. The normalized spacial score (nSPS) is 25.3. The van der Waals surface area contributed by atoms with E-state index in [0.717, 1.165) is 42.3 Å². The lowest BCUT2D eigenvalue weighted by Gasteiger charge is -2.35. The van der Waals surface area contributed by atoms with E-state index < -0.39 is 46.8 Å². The zero-order chi connectivity index (χ0) is 22.8. The van der Waals surface area contributed by atoms with E-state index in [9.17, 15) is 23.1 Å². The van der Waals surface area contributed by atoms with Gasteiger partial charge >= 0.3 is 0 Å². The van der Waals surface area contributed by atoms with Crippen LogP contribution in [0.2, 0.25) is 0 Å². The Labute approximate surface area is 183 Å². The zero-order valence-corrected chi connectivity index (χ0v) is 17.1. The van der Waals surface area contributed by atoms with Crippen molar-refractivity contribution in [3.63, 3.8) is 0 Å². The second-order valence-electron chi connectivity index (χ2n) is 8.07. The lowest BCUT2D eigenvalue weighted by molar-refractivity contribution is 0.0887. The predicted molar refractivity (Wildman–Crippen MR) is 114 cm³/mol. The van der Waals surface area contributed by atoms with E-state index in [-0.39, 0.29) is 17.7 Å². The van der Waals surface area contributed by atoms with Crippen molar-refractivity contribution in [3.05, 3.63) is 65.1 Å². The number of aliphatic imine (C=N–C) groups is 1. The molecule has 2 heterocycles. The molecule has 4 N–H and O–H groups in total. The van der Waals surface area contributed by atoms with Crippen molar-refractivity contribution in [2.75, 3.05) is 6.54 Å². The molecule has 0 bridgehead atoms. The molecule has 168 valence electrons. The summed E-state index contributed by atoms with van der Waals surface area (Å²) < 4.78 is 42.6. The van der Waals surface area contributed by atoms with Gasteiger partial charge in [-0.2, -0.15) is 0 Å². The van der Waals surface area contributed by atoms with Crippen molar-refractivity contribution < 1.29 is 23.1 Å². The van der Waals surface area contributed by atoms with Gasteiger partial charge in [-0.25, -0.2) is 18.2 Å². The molecule has 4 atom stereocenters. The Hall–Kier alpha value is -3.04. The van der Waals surface area contributed by atoms with Crippen LogP contribution in [-0.2, 0) is 0 Å². The van der Waals surface area contributed by atoms with Crippen LogP contribution in [0.5, 0.6) is 0 Å². The van der Waals surface area contributed by atoms with Crippen LogP contribution in [0.15, 0.2) is 47.0 Å². The average Bonchev–Trinajstić information content (AvgIpc) is 2.77. The van der Waals surface area contributed by atoms with Gasteiger partial charge in [-0.1, -0.05) is 6.07 Å². The van der Waals surface area contributed by atoms with Crippen LogP contribution in [0.4, 0.5) is 13.2 Å². The monoisotopic (exact) mass is 444 g/mol. The molecule has 1 aromatic heterocycles. The molecule has 1 aliphatic carbocycles. The zero-order valence-electron chi connectivity index (χ0n) is 17.1. The SMILES string of the molecule is NC1CC(C2=CC=NCC2NC(=O)c2ccc(F)c(-c3c(F)cccc3F)n2)CCC1O. The molecule has 0 radical (unpaired) electrons. The van der Waals surface area contributed by atoms with Gasteiger partial charge in [0.25, 0.3) is 5.91 Å². The fourth-order valence-electron chi connectivity index (χ4n) is 4.27. The summed E-state index contributed by atoms with van der Waals surface area (Å²) in [4.78, 5) is 21.0. The summed E-state index contributed by atoms with van der Waals surface area (Å²) in [6, 6.07) is 4.50. The Balaban J connectivity index is 1.56. The molecule has 1 saturated carbocycles. The molecule has 9 heteroatoms. The molecule has 2 aliphatic rings. The molecule has 4 unspecified atom stereocenters. The number of rotatable bonds is 4. The number of allylic oxidation sites excluding steroid dienone is 1. The predicted octanol–water partition coefficient (Wildman–Crippen LogP) is 2.76.